The second-order valence-corrected chi connectivity index (χ2v) is 7.36. The van der Waals surface area contributed by atoms with Crippen molar-refractivity contribution in [3.63, 3.8) is 0 Å². The van der Waals surface area contributed by atoms with Crippen LogP contribution in [0.2, 0.25) is 0 Å². The summed E-state index contributed by atoms with van der Waals surface area (Å²) in [7, 11) is 0. The third kappa shape index (κ3) is 5.85. The number of amides is 2. The maximum Gasteiger partial charge on any atom is 0.410 e. The maximum atomic E-state index is 12.4. The van der Waals surface area contributed by atoms with E-state index in [0.29, 0.717) is 25.4 Å². The highest BCUT2D eigenvalue weighted by Crippen LogP contribution is 2.17. The van der Waals surface area contributed by atoms with Crippen LogP contribution in [0.3, 0.4) is 0 Å². The number of carbonyl (C=O) groups excluding carboxylic acids is 2. The molecule has 6 nitrogen and oxygen atoms in total. The Morgan fingerprint density at radius 2 is 1.84 bits per heavy atom. The smallest absolute Gasteiger partial charge is 0.410 e. The first-order valence-electron chi connectivity index (χ1n) is 8.36. The van der Waals surface area contributed by atoms with Crippen molar-refractivity contribution >= 4 is 24.8 Å². The van der Waals surface area contributed by atoms with Crippen molar-refractivity contribution in [1.82, 2.24) is 9.80 Å². The molecular weight excluding hydrogens is 340 g/mol. The van der Waals surface area contributed by atoms with Crippen molar-refractivity contribution < 1.29 is 19.1 Å². The van der Waals surface area contributed by atoms with E-state index in [1.807, 2.05) is 51.1 Å². The number of benzene rings is 1. The minimum atomic E-state index is -0.542. The molecule has 0 aromatic heterocycles. The summed E-state index contributed by atoms with van der Waals surface area (Å²) >= 11 is 4.32. The first-order chi connectivity index (χ1) is 11.8. The Hall–Kier alpha value is -1.89. The Morgan fingerprint density at radius 1 is 1.16 bits per heavy atom. The van der Waals surface area contributed by atoms with Crippen LogP contribution in [-0.2, 0) is 16.1 Å². The standard InChI is InChI=1S/C18H26N2O4S/c1-18(2,3)24-16(21)19-9-10-20(15(11-19)13-25)17(22)23-12-14-7-5-4-6-8-14/h4-8,15,25H,9-13H2,1-3H3. The molecule has 7 heteroatoms. The summed E-state index contributed by atoms with van der Waals surface area (Å²) in [5.74, 6) is 0.444. The van der Waals surface area contributed by atoms with Crippen molar-refractivity contribution in [2.75, 3.05) is 25.4 Å². The van der Waals surface area contributed by atoms with Crippen LogP contribution in [0.25, 0.3) is 0 Å². The van der Waals surface area contributed by atoms with Crippen molar-refractivity contribution in [2.45, 2.75) is 39.0 Å². The molecule has 0 bridgehead atoms. The van der Waals surface area contributed by atoms with Gasteiger partial charge in [0, 0.05) is 25.4 Å². The van der Waals surface area contributed by atoms with E-state index in [-0.39, 0.29) is 24.8 Å². The summed E-state index contributed by atoms with van der Waals surface area (Å²) in [4.78, 5) is 27.8. The van der Waals surface area contributed by atoms with Gasteiger partial charge in [-0.1, -0.05) is 30.3 Å². The van der Waals surface area contributed by atoms with Crippen LogP contribution in [-0.4, -0.2) is 59.0 Å². The van der Waals surface area contributed by atoms with E-state index in [9.17, 15) is 9.59 Å². The molecule has 1 atom stereocenters. The van der Waals surface area contributed by atoms with Crippen molar-refractivity contribution in [1.29, 1.82) is 0 Å². The normalized spacial score (nSPS) is 18.0. The minimum Gasteiger partial charge on any atom is -0.445 e. The summed E-state index contributed by atoms with van der Waals surface area (Å²) in [5.41, 5.74) is 0.393. The lowest BCUT2D eigenvalue weighted by Crippen LogP contribution is -2.58. The average Bonchev–Trinajstić information content (AvgIpc) is 2.58. The van der Waals surface area contributed by atoms with Gasteiger partial charge in [0.2, 0.25) is 0 Å². The summed E-state index contributed by atoms with van der Waals surface area (Å²) in [6.45, 7) is 6.93. The van der Waals surface area contributed by atoms with E-state index >= 15 is 0 Å². The van der Waals surface area contributed by atoms with Crippen LogP contribution >= 0.6 is 12.6 Å². The molecule has 1 aromatic rings. The van der Waals surface area contributed by atoms with Gasteiger partial charge < -0.3 is 19.3 Å². The summed E-state index contributed by atoms with van der Waals surface area (Å²) in [6.07, 6.45) is -0.747. The van der Waals surface area contributed by atoms with E-state index in [2.05, 4.69) is 12.6 Å². The molecule has 0 radical (unpaired) electrons. The topological polar surface area (TPSA) is 59.1 Å². The summed E-state index contributed by atoms with van der Waals surface area (Å²) < 4.78 is 10.8. The van der Waals surface area contributed by atoms with Crippen LogP contribution < -0.4 is 0 Å². The SMILES string of the molecule is CC(C)(C)OC(=O)N1CCN(C(=O)OCc2ccccc2)C(CS)C1. The first-order valence-corrected chi connectivity index (χ1v) is 8.99. The minimum absolute atomic E-state index is 0.201. The van der Waals surface area contributed by atoms with Gasteiger partial charge >= 0.3 is 12.2 Å². The van der Waals surface area contributed by atoms with Crippen LogP contribution in [0.1, 0.15) is 26.3 Å². The molecule has 0 aliphatic carbocycles. The third-order valence-electron chi connectivity index (χ3n) is 3.78. The predicted octanol–water partition coefficient (Wildman–Crippen LogP) is 3.17. The molecule has 2 amide bonds. The number of nitrogens with zero attached hydrogens (tertiary/aromatic N) is 2. The number of hydrogen-bond acceptors (Lipinski definition) is 5. The Balaban J connectivity index is 1.90. The van der Waals surface area contributed by atoms with E-state index in [0.717, 1.165) is 5.56 Å². The average molecular weight is 366 g/mol. The molecule has 0 saturated carbocycles. The fourth-order valence-electron chi connectivity index (χ4n) is 2.55. The summed E-state index contributed by atoms with van der Waals surface area (Å²) in [6, 6.07) is 9.33. The van der Waals surface area contributed by atoms with Crippen LogP contribution in [0.15, 0.2) is 30.3 Å². The number of ether oxygens (including phenoxy) is 2. The molecule has 0 spiro atoms. The van der Waals surface area contributed by atoms with E-state index in [4.69, 9.17) is 9.47 Å². The number of carbonyl (C=O) groups is 2. The fourth-order valence-corrected chi connectivity index (χ4v) is 2.86. The monoisotopic (exact) mass is 366 g/mol. The number of hydrogen-bond donors (Lipinski definition) is 1. The van der Waals surface area contributed by atoms with Crippen molar-refractivity contribution in [3.05, 3.63) is 35.9 Å². The Kier molecular flexibility index (Phi) is 6.58. The van der Waals surface area contributed by atoms with Crippen molar-refractivity contribution in [2.24, 2.45) is 0 Å². The molecule has 1 aliphatic rings. The van der Waals surface area contributed by atoms with Gasteiger partial charge in [-0.2, -0.15) is 12.6 Å². The van der Waals surface area contributed by atoms with Gasteiger partial charge in [0.25, 0.3) is 0 Å². The van der Waals surface area contributed by atoms with Gasteiger partial charge in [-0.05, 0) is 26.3 Å². The Labute approximate surface area is 154 Å². The second-order valence-electron chi connectivity index (χ2n) is 7.00. The van der Waals surface area contributed by atoms with Gasteiger partial charge in [-0.15, -0.1) is 0 Å². The lowest BCUT2D eigenvalue weighted by molar-refractivity contribution is 0.00386. The van der Waals surface area contributed by atoms with Crippen LogP contribution in [0, 0.1) is 0 Å². The van der Waals surface area contributed by atoms with Gasteiger partial charge in [0.15, 0.2) is 0 Å². The van der Waals surface area contributed by atoms with E-state index in [1.54, 1.807) is 9.80 Å². The lowest BCUT2D eigenvalue weighted by atomic mass is 10.2. The first kappa shape index (κ1) is 19.4. The highest BCUT2D eigenvalue weighted by Gasteiger charge is 2.34. The molecule has 1 fully saturated rings. The van der Waals surface area contributed by atoms with Crippen molar-refractivity contribution in [3.8, 4) is 0 Å². The molecule has 2 rings (SSSR count). The number of rotatable bonds is 3. The third-order valence-corrected chi connectivity index (χ3v) is 4.21. The van der Waals surface area contributed by atoms with E-state index < -0.39 is 5.60 Å². The molecule has 1 heterocycles. The van der Waals surface area contributed by atoms with E-state index in [1.165, 1.54) is 0 Å². The predicted molar refractivity (Wildman–Crippen MR) is 98.8 cm³/mol. The second kappa shape index (κ2) is 8.47. The van der Waals surface area contributed by atoms with Crippen LogP contribution in [0.5, 0.6) is 0 Å². The fraction of sp³-hybridized carbons (Fsp3) is 0.556. The zero-order valence-corrected chi connectivity index (χ0v) is 15.9. The van der Waals surface area contributed by atoms with Crippen LogP contribution in [0.4, 0.5) is 9.59 Å². The van der Waals surface area contributed by atoms with Gasteiger partial charge in [0.05, 0.1) is 6.04 Å². The molecule has 1 unspecified atom stereocenters. The molecule has 1 saturated heterocycles. The molecular formula is C18H26N2O4S. The van der Waals surface area contributed by atoms with Gasteiger partial charge in [-0.3, -0.25) is 0 Å². The Morgan fingerprint density at radius 3 is 2.44 bits per heavy atom. The molecule has 1 aliphatic heterocycles. The maximum absolute atomic E-state index is 12.4. The van der Waals surface area contributed by atoms with Gasteiger partial charge in [-0.25, -0.2) is 9.59 Å². The lowest BCUT2D eigenvalue weighted by Gasteiger charge is -2.40. The molecule has 25 heavy (non-hydrogen) atoms. The number of thiol groups is 1. The highest BCUT2D eigenvalue weighted by atomic mass is 32.1. The van der Waals surface area contributed by atoms with Gasteiger partial charge in [0.1, 0.15) is 12.2 Å². The largest absolute Gasteiger partial charge is 0.445 e. The Bertz CT molecular complexity index is 588. The quantitative estimate of drug-likeness (QED) is 0.835. The zero-order valence-electron chi connectivity index (χ0n) is 15.0. The molecule has 0 N–H and O–H groups in total. The summed E-state index contributed by atoms with van der Waals surface area (Å²) in [5, 5.41) is 0. The molecule has 1 aromatic carbocycles. The molecule has 138 valence electrons. The zero-order chi connectivity index (χ0) is 18.4. The number of piperazine rings is 1. The highest BCUT2D eigenvalue weighted by molar-refractivity contribution is 7.80.